The molecule has 0 radical (unpaired) electrons. The van der Waals surface area contributed by atoms with Gasteiger partial charge in [-0.2, -0.15) is 0 Å². The Balaban J connectivity index is 2.51. The summed E-state index contributed by atoms with van der Waals surface area (Å²) in [6.07, 6.45) is -0.270. The van der Waals surface area contributed by atoms with Crippen molar-refractivity contribution in [3.63, 3.8) is 0 Å². The number of hydrogen-bond donors (Lipinski definition) is 1. The number of Topliss-reactive ketones (excluding diaryl/α,β-unsaturated/α-hetero) is 1. The summed E-state index contributed by atoms with van der Waals surface area (Å²) < 4.78 is 5.09. The molecule has 0 bridgehead atoms. The number of fused-ring (bicyclic) bond motifs is 1. The van der Waals surface area contributed by atoms with Crippen LogP contribution in [0.4, 0.5) is 5.69 Å². The number of halogens is 1. The molecule has 1 aliphatic heterocycles. The van der Waals surface area contributed by atoms with Gasteiger partial charge < -0.3 is 14.7 Å². The number of methoxy groups -OCH3 is 1. The molecule has 100 valence electrons. The highest BCUT2D eigenvalue weighted by Crippen LogP contribution is 2.41. The number of benzene rings is 1. The molecule has 1 aliphatic rings. The highest BCUT2D eigenvalue weighted by molar-refractivity contribution is 6.55. The van der Waals surface area contributed by atoms with Crippen LogP contribution < -0.4 is 9.64 Å². The van der Waals surface area contributed by atoms with Crippen LogP contribution in [0.5, 0.6) is 5.75 Å². The number of aliphatic carboxylic acids is 1. The summed E-state index contributed by atoms with van der Waals surface area (Å²) in [5.41, 5.74) is 0.308. The molecule has 0 saturated heterocycles. The number of carboxylic acid groups (broad SMARTS) is 1. The van der Waals surface area contributed by atoms with Crippen molar-refractivity contribution < 1.29 is 24.2 Å². The first-order valence-electron chi connectivity index (χ1n) is 5.42. The maximum absolute atomic E-state index is 11.9. The normalized spacial score (nSPS) is 13.7. The molecule has 7 heteroatoms. The second-order valence-electron chi connectivity index (χ2n) is 3.90. The molecule has 19 heavy (non-hydrogen) atoms. The van der Waals surface area contributed by atoms with Crippen molar-refractivity contribution in [2.75, 3.05) is 18.6 Å². The van der Waals surface area contributed by atoms with Crippen molar-refractivity contribution in [2.45, 2.75) is 6.42 Å². The van der Waals surface area contributed by atoms with Crippen LogP contribution in [0, 0.1) is 0 Å². The average molecular weight is 284 g/mol. The van der Waals surface area contributed by atoms with Crippen molar-refractivity contribution in [1.82, 2.24) is 0 Å². The lowest BCUT2D eigenvalue weighted by Gasteiger charge is -2.18. The van der Waals surface area contributed by atoms with Gasteiger partial charge in [-0.25, -0.2) is 0 Å². The van der Waals surface area contributed by atoms with Gasteiger partial charge in [-0.05, 0) is 12.1 Å². The molecule has 0 fully saturated rings. The summed E-state index contributed by atoms with van der Waals surface area (Å²) in [4.78, 5) is 35.4. The largest absolute Gasteiger partial charge is 0.495 e. The van der Waals surface area contributed by atoms with E-state index in [1.165, 1.54) is 19.2 Å². The Morgan fingerprint density at radius 1 is 1.42 bits per heavy atom. The van der Waals surface area contributed by atoms with E-state index in [0.29, 0.717) is 5.75 Å². The highest BCUT2D eigenvalue weighted by atomic mass is 35.5. The third kappa shape index (κ3) is 2.15. The van der Waals surface area contributed by atoms with Crippen LogP contribution in [-0.2, 0) is 9.59 Å². The fourth-order valence-electron chi connectivity index (χ4n) is 1.95. The van der Waals surface area contributed by atoms with Crippen LogP contribution in [0.1, 0.15) is 16.8 Å². The Bertz CT molecular complexity index is 584. The second-order valence-corrected chi connectivity index (χ2v) is 4.31. The number of nitrogens with zero attached hydrogens (tertiary/aromatic N) is 1. The minimum absolute atomic E-state index is 0.0661. The number of ketones is 1. The molecule has 1 amide bonds. The molecule has 6 nitrogen and oxygen atoms in total. The van der Waals surface area contributed by atoms with E-state index in [-0.39, 0.29) is 29.2 Å². The van der Waals surface area contributed by atoms with Crippen LogP contribution in [0.15, 0.2) is 12.1 Å². The van der Waals surface area contributed by atoms with Gasteiger partial charge in [-0.1, -0.05) is 11.6 Å². The Morgan fingerprint density at radius 2 is 2.11 bits per heavy atom. The van der Waals surface area contributed by atoms with Crippen molar-refractivity contribution in [1.29, 1.82) is 0 Å². The van der Waals surface area contributed by atoms with Crippen molar-refractivity contribution in [2.24, 2.45) is 0 Å². The third-order valence-electron chi connectivity index (χ3n) is 2.80. The summed E-state index contributed by atoms with van der Waals surface area (Å²) in [7, 11) is 1.40. The van der Waals surface area contributed by atoms with Gasteiger partial charge in [0.1, 0.15) is 5.75 Å². The fraction of sp³-hybridized carbons (Fsp3) is 0.250. The van der Waals surface area contributed by atoms with E-state index in [9.17, 15) is 14.4 Å². The minimum atomic E-state index is -1.06. The number of ether oxygens (including phenoxy) is 1. The number of anilines is 1. The van der Waals surface area contributed by atoms with E-state index < -0.39 is 17.7 Å². The van der Waals surface area contributed by atoms with E-state index >= 15 is 0 Å². The number of amides is 1. The Labute approximate surface area is 113 Å². The van der Waals surface area contributed by atoms with Gasteiger partial charge in [0.25, 0.3) is 11.7 Å². The molecule has 1 N–H and O–H groups in total. The van der Waals surface area contributed by atoms with Gasteiger partial charge >= 0.3 is 5.97 Å². The average Bonchev–Trinajstić information content (AvgIpc) is 2.62. The summed E-state index contributed by atoms with van der Waals surface area (Å²) in [5.74, 6) is -2.29. The molecule has 0 unspecified atom stereocenters. The van der Waals surface area contributed by atoms with E-state index in [0.717, 1.165) is 4.90 Å². The predicted octanol–water partition coefficient (Wildman–Crippen LogP) is 1.35. The van der Waals surface area contributed by atoms with Gasteiger partial charge in [0.2, 0.25) is 0 Å². The van der Waals surface area contributed by atoms with Gasteiger partial charge in [0.05, 0.1) is 29.8 Å². The van der Waals surface area contributed by atoms with E-state index in [4.69, 9.17) is 21.4 Å². The summed E-state index contributed by atoms with van der Waals surface area (Å²) in [5, 5.41) is 8.82. The molecular formula is C12H10ClNO5. The highest BCUT2D eigenvalue weighted by Gasteiger charge is 2.40. The molecular weight excluding hydrogens is 274 g/mol. The van der Waals surface area contributed by atoms with Crippen molar-refractivity contribution in [3.8, 4) is 5.75 Å². The SMILES string of the molecule is COc1ccc(Cl)c2c1N(CCC(=O)O)C(=O)C2=O. The maximum Gasteiger partial charge on any atom is 0.305 e. The molecule has 0 aliphatic carbocycles. The van der Waals surface area contributed by atoms with E-state index in [2.05, 4.69) is 0 Å². The van der Waals surface area contributed by atoms with Gasteiger partial charge in [0.15, 0.2) is 0 Å². The topological polar surface area (TPSA) is 83.9 Å². The zero-order valence-corrected chi connectivity index (χ0v) is 10.7. The first-order chi connectivity index (χ1) is 8.97. The van der Waals surface area contributed by atoms with Crippen molar-refractivity contribution in [3.05, 3.63) is 22.7 Å². The Kier molecular flexibility index (Phi) is 3.44. The fourth-order valence-corrected chi connectivity index (χ4v) is 2.19. The lowest BCUT2D eigenvalue weighted by atomic mass is 10.1. The second kappa shape index (κ2) is 4.89. The zero-order valence-electron chi connectivity index (χ0n) is 9.97. The molecule has 0 spiro atoms. The van der Waals surface area contributed by atoms with Crippen LogP contribution in [-0.4, -0.2) is 36.4 Å². The molecule has 0 aromatic heterocycles. The summed E-state index contributed by atoms with van der Waals surface area (Å²) in [6, 6.07) is 2.99. The van der Waals surface area contributed by atoms with Gasteiger partial charge in [0, 0.05) is 6.54 Å². The van der Waals surface area contributed by atoms with Crippen molar-refractivity contribution >= 4 is 34.9 Å². The minimum Gasteiger partial charge on any atom is -0.495 e. The Hall–Kier alpha value is -2.08. The lowest BCUT2D eigenvalue weighted by Crippen LogP contribution is -2.31. The Morgan fingerprint density at radius 3 is 2.68 bits per heavy atom. The van der Waals surface area contributed by atoms with Crippen LogP contribution in [0.3, 0.4) is 0 Å². The standard InChI is InChI=1S/C12H10ClNO5/c1-19-7-3-2-6(13)9-10(7)14(5-4-8(15)16)12(18)11(9)17/h2-3H,4-5H2,1H3,(H,15,16). The third-order valence-corrected chi connectivity index (χ3v) is 3.11. The van der Waals surface area contributed by atoms with Crippen LogP contribution in [0.25, 0.3) is 0 Å². The number of hydrogen-bond acceptors (Lipinski definition) is 4. The monoisotopic (exact) mass is 283 g/mol. The molecule has 0 atom stereocenters. The zero-order chi connectivity index (χ0) is 14.2. The maximum atomic E-state index is 11.9. The number of carbonyl (C=O) groups is 3. The summed E-state index contributed by atoms with van der Waals surface area (Å²) >= 11 is 5.92. The predicted molar refractivity (Wildman–Crippen MR) is 66.9 cm³/mol. The van der Waals surface area contributed by atoms with Gasteiger partial charge in [-0.3, -0.25) is 14.4 Å². The van der Waals surface area contributed by atoms with Crippen LogP contribution >= 0.6 is 11.6 Å². The van der Waals surface area contributed by atoms with E-state index in [1.54, 1.807) is 0 Å². The molecule has 1 heterocycles. The first-order valence-corrected chi connectivity index (χ1v) is 5.79. The number of rotatable bonds is 4. The molecule has 1 aromatic rings. The smallest absolute Gasteiger partial charge is 0.305 e. The molecule has 2 rings (SSSR count). The van der Waals surface area contributed by atoms with Gasteiger partial charge in [-0.15, -0.1) is 0 Å². The number of carboxylic acids is 1. The molecule has 0 saturated carbocycles. The molecule has 1 aromatic carbocycles. The first kappa shape index (κ1) is 13.4. The lowest BCUT2D eigenvalue weighted by molar-refractivity contribution is -0.136. The van der Waals surface area contributed by atoms with Crippen LogP contribution in [0.2, 0.25) is 5.02 Å². The quantitative estimate of drug-likeness (QED) is 0.843. The summed E-state index contributed by atoms with van der Waals surface area (Å²) in [6.45, 7) is -0.108. The number of carbonyl (C=O) groups excluding carboxylic acids is 2. The van der Waals surface area contributed by atoms with E-state index in [1.807, 2.05) is 0 Å².